The minimum atomic E-state index is -0.379. The zero-order valence-electron chi connectivity index (χ0n) is 16.4. The lowest BCUT2D eigenvalue weighted by atomic mass is 10.0. The Morgan fingerprint density at radius 2 is 1.73 bits per heavy atom. The van der Waals surface area contributed by atoms with Crippen LogP contribution < -0.4 is 10.9 Å². The number of fused-ring (bicyclic) bond motifs is 1. The van der Waals surface area contributed by atoms with Gasteiger partial charge in [-0.1, -0.05) is 35.9 Å². The Balaban J connectivity index is 1.66. The number of hydrogen-bond donors (Lipinski definition) is 1. The minimum absolute atomic E-state index is 0.126. The van der Waals surface area contributed by atoms with Gasteiger partial charge in [0.1, 0.15) is 6.54 Å². The van der Waals surface area contributed by atoms with Crippen LogP contribution in [-0.4, -0.2) is 34.4 Å². The maximum Gasteiger partial charge on any atom is 0.254 e. The molecule has 0 aliphatic carbocycles. The van der Waals surface area contributed by atoms with Crippen molar-refractivity contribution in [2.45, 2.75) is 25.8 Å². The highest BCUT2D eigenvalue weighted by atomic mass is 35.5. The quantitative estimate of drug-likeness (QED) is 0.691. The van der Waals surface area contributed by atoms with E-state index in [4.69, 9.17) is 11.6 Å². The molecule has 1 fully saturated rings. The molecule has 1 aliphatic heterocycles. The molecule has 3 aromatic rings. The molecule has 1 aliphatic rings. The number of halogens is 1. The van der Waals surface area contributed by atoms with Gasteiger partial charge in [0.2, 0.25) is 5.91 Å². The second-order valence-corrected chi connectivity index (χ2v) is 7.85. The monoisotopic (exact) mass is 423 g/mol. The van der Waals surface area contributed by atoms with Gasteiger partial charge in [-0.3, -0.25) is 19.0 Å². The predicted molar refractivity (Wildman–Crippen MR) is 118 cm³/mol. The second-order valence-electron chi connectivity index (χ2n) is 7.41. The molecule has 0 spiro atoms. The average molecular weight is 424 g/mol. The molecule has 0 saturated carbocycles. The maximum absolute atomic E-state index is 13.1. The van der Waals surface area contributed by atoms with Gasteiger partial charge < -0.3 is 10.2 Å². The minimum Gasteiger partial charge on any atom is -0.339 e. The Hall–Kier alpha value is -3.12. The summed E-state index contributed by atoms with van der Waals surface area (Å²) in [6.45, 7) is 1.25. The van der Waals surface area contributed by atoms with Crippen molar-refractivity contribution in [2.75, 3.05) is 18.4 Å². The third kappa shape index (κ3) is 4.24. The van der Waals surface area contributed by atoms with E-state index in [1.165, 1.54) is 10.6 Å². The third-order valence-electron chi connectivity index (χ3n) is 5.30. The summed E-state index contributed by atoms with van der Waals surface area (Å²) in [6, 6.07) is 15.4. The van der Waals surface area contributed by atoms with E-state index in [9.17, 15) is 14.4 Å². The molecule has 1 saturated heterocycles. The van der Waals surface area contributed by atoms with E-state index in [0.29, 0.717) is 40.3 Å². The number of nitrogens with zero attached hydrogens (tertiary/aromatic N) is 2. The SMILES string of the molecule is O=C(Cn1c(=O)cc(C(=O)N2CCCCC2)c2ccccc21)Nc1cccc(Cl)c1. The van der Waals surface area contributed by atoms with Crippen LogP contribution in [0.3, 0.4) is 0 Å². The van der Waals surface area contributed by atoms with Gasteiger partial charge in [-0.25, -0.2) is 0 Å². The Morgan fingerprint density at radius 3 is 2.50 bits per heavy atom. The lowest BCUT2D eigenvalue weighted by Crippen LogP contribution is -2.37. The Kier molecular flexibility index (Phi) is 5.86. The molecular weight excluding hydrogens is 402 g/mol. The highest BCUT2D eigenvalue weighted by Crippen LogP contribution is 2.21. The number of anilines is 1. The zero-order chi connectivity index (χ0) is 21.1. The lowest BCUT2D eigenvalue weighted by Gasteiger charge is -2.27. The summed E-state index contributed by atoms with van der Waals surface area (Å²) in [5, 5.41) is 3.93. The van der Waals surface area contributed by atoms with Crippen LogP contribution in [0, 0.1) is 0 Å². The van der Waals surface area contributed by atoms with Gasteiger partial charge >= 0.3 is 0 Å². The number of para-hydroxylation sites is 1. The van der Waals surface area contributed by atoms with E-state index < -0.39 is 0 Å². The summed E-state index contributed by atoms with van der Waals surface area (Å²) in [4.78, 5) is 40.3. The Morgan fingerprint density at radius 1 is 0.967 bits per heavy atom. The first-order valence-electron chi connectivity index (χ1n) is 10.0. The van der Waals surface area contributed by atoms with Crippen LogP contribution in [0.1, 0.15) is 29.6 Å². The topological polar surface area (TPSA) is 71.4 Å². The van der Waals surface area contributed by atoms with Crippen LogP contribution in [0.25, 0.3) is 10.9 Å². The van der Waals surface area contributed by atoms with Crippen molar-refractivity contribution in [1.82, 2.24) is 9.47 Å². The number of benzene rings is 2. The summed E-state index contributed by atoms with van der Waals surface area (Å²) in [5.74, 6) is -0.474. The highest BCUT2D eigenvalue weighted by Gasteiger charge is 2.22. The van der Waals surface area contributed by atoms with E-state index >= 15 is 0 Å². The fourth-order valence-electron chi connectivity index (χ4n) is 3.85. The molecule has 2 aromatic carbocycles. The van der Waals surface area contributed by atoms with Crippen molar-refractivity contribution in [2.24, 2.45) is 0 Å². The van der Waals surface area contributed by atoms with Gasteiger partial charge in [-0.15, -0.1) is 0 Å². The van der Waals surface area contributed by atoms with E-state index in [-0.39, 0.29) is 23.9 Å². The summed E-state index contributed by atoms with van der Waals surface area (Å²) < 4.78 is 1.39. The number of carbonyl (C=O) groups excluding carboxylic acids is 2. The van der Waals surface area contributed by atoms with E-state index in [1.54, 1.807) is 41.3 Å². The average Bonchev–Trinajstić information content (AvgIpc) is 2.75. The third-order valence-corrected chi connectivity index (χ3v) is 5.54. The molecule has 0 radical (unpaired) electrons. The number of likely N-dealkylation sites (tertiary alicyclic amines) is 1. The van der Waals surface area contributed by atoms with Crippen LogP contribution in [0.4, 0.5) is 5.69 Å². The van der Waals surface area contributed by atoms with Crippen molar-refractivity contribution in [3.05, 3.63) is 75.5 Å². The molecule has 1 aromatic heterocycles. The molecule has 6 nitrogen and oxygen atoms in total. The first kappa shape index (κ1) is 20.2. The largest absolute Gasteiger partial charge is 0.339 e. The second kappa shape index (κ2) is 8.71. The summed E-state index contributed by atoms with van der Waals surface area (Å²) in [7, 11) is 0. The number of carbonyl (C=O) groups is 2. The van der Waals surface area contributed by atoms with Crippen molar-refractivity contribution in [1.29, 1.82) is 0 Å². The van der Waals surface area contributed by atoms with Crippen LogP contribution in [0.15, 0.2) is 59.4 Å². The van der Waals surface area contributed by atoms with Gasteiger partial charge in [-0.05, 0) is 43.5 Å². The fraction of sp³-hybridized carbons (Fsp3) is 0.261. The number of rotatable bonds is 4. The van der Waals surface area contributed by atoms with Gasteiger partial charge in [0.25, 0.3) is 11.5 Å². The summed E-state index contributed by atoms with van der Waals surface area (Å²) in [5.41, 5.74) is 1.13. The van der Waals surface area contributed by atoms with Crippen LogP contribution in [-0.2, 0) is 11.3 Å². The number of aromatic nitrogens is 1. The van der Waals surface area contributed by atoms with Gasteiger partial charge in [-0.2, -0.15) is 0 Å². The number of amides is 2. The van der Waals surface area contributed by atoms with Gasteiger partial charge in [0, 0.05) is 35.3 Å². The molecular formula is C23H22ClN3O3. The zero-order valence-corrected chi connectivity index (χ0v) is 17.2. The standard InChI is InChI=1S/C23H22ClN3O3/c24-16-7-6-8-17(13-16)25-21(28)15-27-20-10-3-2-9-18(20)19(14-22(27)29)23(30)26-11-4-1-5-12-26/h2-3,6-10,13-14H,1,4-5,11-12,15H2,(H,25,28). The number of piperidine rings is 1. The Bertz CT molecular complexity index is 1170. The van der Waals surface area contributed by atoms with Gasteiger partial charge in [0.05, 0.1) is 11.1 Å². The molecule has 1 N–H and O–H groups in total. The summed E-state index contributed by atoms with van der Waals surface area (Å²) in [6.07, 6.45) is 3.07. The van der Waals surface area contributed by atoms with Crippen LogP contribution in [0.2, 0.25) is 5.02 Å². The molecule has 0 atom stereocenters. The summed E-state index contributed by atoms with van der Waals surface area (Å²) >= 11 is 5.96. The molecule has 4 rings (SSSR count). The Labute approximate surface area is 179 Å². The molecule has 7 heteroatoms. The predicted octanol–water partition coefficient (Wildman–Crippen LogP) is 3.92. The lowest BCUT2D eigenvalue weighted by molar-refractivity contribution is -0.116. The molecule has 30 heavy (non-hydrogen) atoms. The number of pyridine rings is 1. The van der Waals surface area contributed by atoms with Crippen LogP contribution >= 0.6 is 11.6 Å². The van der Waals surface area contributed by atoms with Gasteiger partial charge in [0.15, 0.2) is 0 Å². The van der Waals surface area contributed by atoms with Crippen molar-refractivity contribution < 1.29 is 9.59 Å². The maximum atomic E-state index is 13.1. The van der Waals surface area contributed by atoms with E-state index in [2.05, 4.69) is 5.32 Å². The first-order valence-corrected chi connectivity index (χ1v) is 10.4. The smallest absolute Gasteiger partial charge is 0.254 e. The van der Waals surface area contributed by atoms with Crippen molar-refractivity contribution in [3.63, 3.8) is 0 Å². The van der Waals surface area contributed by atoms with Crippen molar-refractivity contribution >= 4 is 40.0 Å². The normalized spacial score (nSPS) is 14.0. The first-order chi connectivity index (χ1) is 14.5. The van der Waals surface area contributed by atoms with Crippen molar-refractivity contribution in [3.8, 4) is 0 Å². The highest BCUT2D eigenvalue weighted by molar-refractivity contribution is 6.30. The van der Waals surface area contributed by atoms with Crippen LogP contribution in [0.5, 0.6) is 0 Å². The van der Waals surface area contributed by atoms with E-state index in [0.717, 1.165) is 19.3 Å². The molecule has 0 bridgehead atoms. The number of hydrogen-bond acceptors (Lipinski definition) is 3. The molecule has 2 heterocycles. The molecule has 2 amide bonds. The number of nitrogens with one attached hydrogen (secondary N) is 1. The van der Waals surface area contributed by atoms with E-state index in [1.807, 2.05) is 12.1 Å². The molecule has 154 valence electrons. The molecule has 0 unspecified atom stereocenters. The fourth-order valence-corrected chi connectivity index (χ4v) is 4.04.